The summed E-state index contributed by atoms with van der Waals surface area (Å²) in [6.07, 6.45) is -1.66. The topological polar surface area (TPSA) is 134 Å². The highest BCUT2D eigenvalue weighted by Crippen LogP contribution is 2.58. The first-order valence-electron chi connectivity index (χ1n) is 9.18. The van der Waals surface area contributed by atoms with Gasteiger partial charge in [0.2, 0.25) is 11.8 Å². The minimum absolute atomic E-state index is 0.0116. The van der Waals surface area contributed by atoms with Crippen molar-refractivity contribution in [3.63, 3.8) is 0 Å². The van der Waals surface area contributed by atoms with E-state index in [-0.39, 0.29) is 23.6 Å². The van der Waals surface area contributed by atoms with E-state index in [1.165, 1.54) is 12.1 Å². The Labute approximate surface area is 170 Å². The fourth-order valence-electron chi connectivity index (χ4n) is 4.93. The van der Waals surface area contributed by atoms with Crippen molar-refractivity contribution in [3.05, 3.63) is 28.8 Å². The number of likely N-dealkylation sites (tertiary alicyclic amines) is 1. The lowest BCUT2D eigenvalue weighted by molar-refractivity contribution is -0.274. The number of hydrogen-bond donors (Lipinski definition) is 3. The van der Waals surface area contributed by atoms with Gasteiger partial charge in [0, 0.05) is 11.8 Å². The molecule has 29 heavy (non-hydrogen) atoms. The van der Waals surface area contributed by atoms with Gasteiger partial charge in [-0.3, -0.25) is 9.59 Å². The third-order valence-electron chi connectivity index (χ3n) is 6.27. The van der Waals surface area contributed by atoms with Crippen LogP contribution in [0.1, 0.15) is 24.5 Å². The van der Waals surface area contributed by atoms with Gasteiger partial charge in [0.15, 0.2) is 5.79 Å². The zero-order valence-electron chi connectivity index (χ0n) is 15.4. The number of aliphatic hydroxyl groups excluding tert-OH is 1. The number of rotatable bonds is 2. The van der Waals surface area contributed by atoms with Crippen molar-refractivity contribution < 1.29 is 39.2 Å². The molecule has 4 rings (SSSR count). The largest absolute Gasteiger partial charge is 0.508 e. The molecule has 3 fully saturated rings. The number of methoxy groups -OCH3 is 1. The number of aliphatic hydroxyl groups is 2. The van der Waals surface area contributed by atoms with Crippen molar-refractivity contribution >= 4 is 29.5 Å². The molecule has 6 atom stereocenters. The highest BCUT2D eigenvalue weighted by Gasteiger charge is 2.67. The van der Waals surface area contributed by atoms with Crippen molar-refractivity contribution in [1.29, 1.82) is 0 Å². The first kappa shape index (κ1) is 20.1. The number of ether oxygens (including phenoxy) is 2. The molecule has 10 heteroatoms. The maximum absolute atomic E-state index is 12.9. The number of nitrogens with zero attached hydrogens (tertiary/aromatic N) is 1. The average Bonchev–Trinajstić information content (AvgIpc) is 3.14. The number of carbonyl (C=O) groups excluding carboxylic acids is 3. The average molecular weight is 426 g/mol. The number of halogens is 1. The summed E-state index contributed by atoms with van der Waals surface area (Å²) in [6, 6.07) is 4.31. The first-order valence-corrected chi connectivity index (χ1v) is 9.56. The normalized spacial score (nSPS) is 36.1. The second-order valence-electron chi connectivity index (χ2n) is 7.64. The number of amides is 3. The number of carbonyl (C=O) groups is 3. The second-order valence-corrected chi connectivity index (χ2v) is 8.04. The van der Waals surface area contributed by atoms with E-state index in [1.807, 2.05) is 0 Å². The molecule has 0 bridgehead atoms. The fourth-order valence-corrected chi connectivity index (χ4v) is 5.23. The lowest BCUT2D eigenvalue weighted by Gasteiger charge is -2.44. The molecule has 0 aromatic heterocycles. The number of phenols is 1. The van der Waals surface area contributed by atoms with E-state index >= 15 is 0 Å². The van der Waals surface area contributed by atoms with Gasteiger partial charge in [-0.1, -0.05) is 17.7 Å². The fraction of sp³-hybridized carbons (Fsp3) is 0.526. The Morgan fingerprint density at radius 2 is 2.07 bits per heavy atom. The second kappa shape index (κ2) is 6.94. The van der Waals surface area contributed by atoms with Gasteiger partial charge in [-0.15, -0.1) is 0 Å². The minimum atomic E-state index is -1.87. The number of aromatic hydroxyl groups is 1. The summed E-state index contributed by atoms with van der Waals surface area (Å²) in [5, 5.41) is 30.9. The van der Waals surface area contributed by atoms with E-state index in [1.54, 1.807) is 6.07 Å². The van der Waals surface area contributed by atoms with Crippen molar-refractivity contribution in [1.82, 2.24) is 4.90 Å². The highest BCUT2D eigenvalue weighted by atomic mass is 35.5. The van der Waals surface area contributed by atoms with Gasteiger partial charge in [-0.2, -0.15) is 4.90 Å². The quantitative estimate of drug-likeness (QED) is 0.602. The van der Waals surface area contributed by atoms with Crippen LogP contribution in [0.5, 0.6) is 5.75 Å². The van der Waals surface area contributed by atoms with Crippen LogP contribution in [0.15, 0.2) is 18.2 Å². The highest BCUT2D eigenvalue weighted by molar-refractivity contribution is 6.31. The van der Waals surface area contributed by atoms with Crippen LogP contribution in [0.3, 0.4) is 0 Å². The molecular weight excluding hydrogens is 406 g/mol. The lowest BCUT2D eigenvalue weighted by Crippen LogP contribution is -2.54. The molecule has 0 unspecified atom stereocenters. The maximum atomic E-state index is 12.9. The molecule has 2 aliphatic heterocycles. The SMILES string of the molecule is COC(=O)N1C(=O)[C@H]2[C@H](C[C@H](CO)[C@@]3(O)O[C@H](c4ccc(O)cc4Cl)C[C@@H]23)C1=O. The van der Waals surface area contributed by atoms with Gasteiger partial charge in [-0.25, -0.2) is 4.79 Å². The van der Waals surface area contributed by atoms with Gasteiger partial charge >= 0.3 is 6.09 Å². The zero-order chi connectivity index (χ0) is 21.1. The number of phenolic OH excluding ortho intramolecular Hbond substituents is 1. The minimum Gasteiger partial charge on any atom is -0.508 e. The van der Waals surface area contributed by atoms with E-state index in [0.717, 1.165) is 7.11 Å². The van der Waals surface area contributed by atoms with Gasteiger partial charge < -0.3 is 24.8 Å². The molecule has 2 saturated heterocycles. The van der Waals surface area contributed by atoms with Crippen molar-refractivity contribution in [2.45, 2.75) is 24.7 Å². The van der Waals surface area contributed by atoms with E-state index < -0.39 is 60.1 Å². The van der Waals surface area contributed by atoms with Crippen LogP contribution in [-0.2, 0) is 19.1 Å². The maximum Gasteiger partial charge on any atom is 0.423 e. The van der Waals surface area contributed by atoms with Crippen molar-refractivity contribution in [2.24, 2.45) is 23.7 Å². The van der Waals surface area contributed by atoms with Crippen LogP contribution in [0.2, 0.25) is 5.02 Å². The summed E-state index contributed by atoms with van der Waals surface area (Å²) < 4.78 is 10.5. The molecule has 1 saturated carbocycles. The molecular formula is C19H20ClNO8. The molecule has 0 radical (unpaired) electrons. The molecule has 1 aromatic rings. The molecule has 3 N–H and O–H groups in total. The Kier molecular flexibility index (Phi) is 4.81. The van der Waals surface area contributed by atoms with Crippen LogP contribution in [0.25, 0.3) is 0 Å². The van der Waals surface area contributed by atoms with Gasteiger partial charge in [-0.05, 0) is 30.5 Å². The van der Waals surface area contributed by atoms with Crippen LogP contribution in [0, 0.1) is 23.7 Å². The zero-order valence-corrected chi connectivity index (χ0v) is 16.2. The summed E-state index contributed by atoms with van der Waals surface area (Å²) in [4.78, 5) is 38.0. The number of hydrogen-bond acceptors (Lipinski definition) is 8. The monoisotopic (exact) mass is 425 g/mol. The number of fused-ring (bicyclic) bond motifs is 3. The number of benzene rings is 1. The third-order valence-corrected chi connectivity index (χ3v) is 6.60. The molecule has 1 aliphatic carbocycles. The van der Waals surface area contributed by atoms with Crippen molar-refractivity contribution in [3.8, 4) is 5.75 Å². The molecule has 3 aliphatic rings. The number of imide groups is 3. The van der Waals surface area contributed by atoms with Gasteiger partial charge in [0.1, 0.15) is 5.75 Å². The summed E-state index contributed by atoms with van der Waals surface area (Å²) in [6.45, 7) is -0.466. The summed E-state index contributed by atoms with van der Waals surface area (Å²) >= 11 is 6.21. The van der Waals surface area contributed by atoms with E-state index in [2.05, 4.69) is 4.74 Å². The summed E-state index contributed by atoms with van der Waals surface area (Å²) in [5.74, 6) is -6.85. The molecule has 1 aromatic carbocycles. The Bertz CT molecular complexity index is 891. The van der Waals surface area contributed by atoms with Crippen molar-refractivity contribution in [2.75, 3.05) is 13.7 Å². The molecule has 9 nitrogen and oxygen atoms in total. The Balaban J connectivity index is 1.73. The third kappa shape index (κ3) is 2.83. The van der Waals surface area contributed by atoms with Crippen LogP contribution >= 0.6 is 11.6 Å². The Hall–Kier alpha value is -2.20. The lowest BCUT2D eigenvalue weighted by atomic mass is 9.64. The first-order chi connectivity index (χ1) is 13.7. The summed E-state index contributed by atoms with van der Waals surface area (Å²) in [5.41, 5.74) is 0.502. The molecule has 3 amide bonds. The predicted octanol–water partition coefficient (Wildman–Crippen LogP) is 1.19. The molecule has 156 valence electrons. The predicted molar refractivity (Wildman–Crippen MR) is 96.4 cm³/mol. The Morgan fingerprint density at radius 3 is 2.69 bits per heavy atom. The Morgan fingerprint density at radius 1 is 1.34 bits per heavy atom. The van der Waals surface area contributed by atoms with Gasteiger partial charge in [0.25, 0.3) is 0 Å². The van der Waals surface area contributed by atoms with Crippen LogP contribution in [-0.4, -0.2) is 57.6 Å². The summed E-state index contributed by atoms with van der Waals surface area (Å²) in [7, 11) is 1.07. The standard InChI is InChI=1S/C19H20ClNO8/c1-28-18(26)21-16(24)11-4-8(7-22)19(27)12(15(11)17(21)25)6-14(29-19)10-3-2-9(23)5-13(10)20/h2-3,5,8,11-12,14-15,22-23,27H,4,6-7H2,1H3/t8-,11+,12+,14+,15+,19-/m1/s1. The molecule has 2 heterocycles. The van der Waals surface area contributed by atoms with E-state index in [0.29, 0.717) is 10.5 Å². The van der Waals surface area contributed by atoms with E-state index in [9.17, 15) is 29.7 Å². The molecule has 0 spiro atoms. The van der Waals surface area contributed by atoms with Crippen LogP contribution in [0.4, 0.5) is 4.79 Å². The smallest absolute Gasteiger partial charge is 0.423 e. The van der Waals surface area contributed by atoms with E-state index in [4.69, 9.17) is 16.3 Å². The van der Waals surface area contributed by atoms with Crippen LogP contribution < -0.4 is 0 Å². The van der Waals surface area contributed by atoms with Gasteiger partial charge in [0.05, 0.1) is 36.7 Å².